The number of amides is 1. The molecule has 220 valence electrons. The molecule has 0 N–H and O–H groups in total. The molecule has 9 nitrogen and oxygen atoms in total. The number of hydrogen-bond donors (Lipinski definition) is 0. The van der Waals surface area contributed by atoms with Crippen LogP contribution in [0.1, 0.15) is 43.0 Å². The van der Waals surface area contributed by atoms with E-state index in [4.69, 9.17) is 9.72 Å². The molecule has 1 aromatic carbocycles. The molecule has 1 unspecified atom stereocenters. The first kappa shape index (κ1) is 28.1. The van der Waals surface area contributed by atoms with Crippen molar-refractivity contribution in [3.05, 3.63) is 53.6 Å². The Labute approximate surface area is 243 Å². The smallest absolute Gasteiger partial charge is 0.246 e. The maximum absolute atomic E-state index is 16.5. The molecule has 0 bridgehead atoms. The zero-order valence-corrected chi connectivity index (χ0v) is 24.2. The Morgan fingerprint density at radius 1 is 1.14 bits per heavy atom. The second-order valence-corrected chi connectivity index (χ2v) is 11.3. The van der Waals surface area contributed by atoms with Crippen molar-refractivity contribution in [1.82, 2.24) is 34.8 Å². The summed E-state index contributed by atoms with van der Waals surface area (Å²) in [6.45, 7) is 5.54. The van der Waals surface area contributed by atoms with Gasteiger partial charge in [-0.2, -0.15) is 0 Å². The van der Waals surface area contributed by atoms with Crippen molar-refractivity contribution in [2.24, 2.45) is 0 Å². The fourth-order valence-electron chi connectivity index (χ4n) is 6.17. The van der Waals surface area contributed by atoms with Gasteiger partial charge < -0.3 is 14.5 Å². The molecule has 2 aliphatic heterocycles. The molecule has 5 heterocycles. The Hall–Kier alpha value is -3.99. The molecule has 0 aliphatic carbocycles. The van der Waals surface area contributed by atoms with Crippen LogP contribution in [0, 0.1) is 19.7 Å². The van der Waals surface area contributed by atoms with Crippen LogP contribution in [0.5, 0.6) is 5.88 Å². The molecular weight excluding hydrogens is 540 g/mol. The number of rotatable bonds is 7. The van der Waals surface area contributed by atoms with Crippen LogP contribution in [0.3, 0.4) is 0 Å². The second-order valence-electron chi connectivity index (χ2n) is 11.3. The number of alkyl halides is 1. The van der Waals surface area contributed by atoms with Gasteiger partial charge in [0.2, 0.25) is 11.8 Å². The number of halogens is 2. The van der Waals surface area contributed by atoms with Gasteiger partial charge in [0, 0.05) is 53.6 Å². The highest BCUT2D eigenvalue weighted by Gasteiger charge is 2.29. The van der Waals surface area contributed by atoms with Gasteiger partial charge in [0.05, 0.1) is 6.04 Å². The van der Waals surface area contributed by atoms with Crippen molar-refractivity contribution < 1.29 is 18.3 Å². The van der Waals surface area contributed by atoms with E-state index in [-0.39, 0.29) is 29.4 Å². The molecule has 6 rings (SSSR count). The van der Waals surface area contributed by atoms with Crippen LogP contribution >= 0.6 is 0 Å². The minimum atomic E-state index is -0.673. The van der Waals surface area contributed by atoms with Gasteiger partial charge in [-0.25, -0.2) is 18.4 Å². The molecule has 0 radical (unpaired) electrons. The molecule has 3 aromatic heterocycles. The summed E-state index contributed by atoms with van der Waals surface area (Å²) in [5.41, 5.74) is 4.11. The number of pyridine rings is 2. The Kier molecular flexibility index (Phi) is 7.85. The van der Waals surface area contributed by atoms with E-state index in [0.717, 1.165) is 30.6 Å². The van der Waals surface area contributed by atoms with Crippen LogP contribution in [0.4, 0.5) is 8.78 Å². The third kappa shape index (κ3) is 5.21. The largest absolute Gasteiger partial charge is 0.474 e. The monoisotopic (exact) mass is 575 g/mol. The van der Waals surface area contributed by atoms with Crippen molar-refractivity contribution >= 4 is 27.8 Å². The van der Waals surface area contributed by atoms with Crippen molar-refractivity contribution in [2.45, 2.75) is 51.6 Å². The molecule has 2 fully saturated rings. The van der Waals surface area contributed by atoms with Crippen molar-refractivity contribution in [1.29, 1.82) is 0 Å². The summed E-state index contributed by atoms with van der Waals surface area (Å²) in [6.07, 6.45) is 7.58. The fourth-order valence-corrected chi connectivity index (χ4v) is 6.17. The van der Waals surface area contributed by atoms with Crippen LogP contribution in [0.25, 0.3) is 33.1 Å². The van der Waals surface area contributed by atoms with E-state index >= 15 is 4.39 Å². The van der Waals surface area contributed by atoms with Crippen LogP contribution in [0.15, 0.2) is 36.5 Å². The number of aromatic nitrogens is 5. The molecule has 0 spiro atoms. The first-order valence-corrected chi connectivity index (χ1v) is 14.5. The lowest BCUT2D eigenvalue weighted by Gasteiger charge is -2.31. The van der Waals surface area contributed by atoms with E-state index in [1.165, 1.54) is 12.2 Å². The molecular formula is C31H35F2N7O2. The van der Waals surface area contributed by atoms with Crippen molar-refractivity contribution in [3.63, 3.8) is 0 Å². The summed E-state index contributed by atoms with van der Waals surface area (Å²) in [7, 11) is 2.08. The average molecular weight is 576 g/mol. The second kappa shape index (κ2) is 11.7. The molecule has 1 amide bonds. The Morgan fingerprint density at radius 3 is 2.64 bits per heavy atom. The van der Waals surface area contributed by atoms with E-state index in [0.29, 0.717) is 60.1 Å². The predicted octanol–water partition coefficient (Wildman–Crippen LogP) is 4.96. The highest BCUT2D eigenvalue weighted by Crippen LogP contribution is 2.38. The van der Waals surface area contributed by atoms with Crippen LogP contribution in [0.2, 0.25) is 0 Å². The Morgan fingerprint density at radius 2 is 1.95 bits per heavy atom. The maximum Gasteiger partial charge on any atom is 0.246 e. The Balaban J connectivity index is 1.43. The third-order valence-corrected chi connectivity index (χ3v) is 8.56. The molecule has 0 saturated carbocycles. The van der Waals surface area contributed by atoms with Crippen molar-refractivity contribution in [2.75, 3.05) is 40.0 Å². The van der Waals surface area contributed by atoms with Gasteiger partial charge in [-0.1, -0.05) is 11.3 Å². The van der Waals surface area contributed by atoms with Crippen LogP contribution in [-0.4, -0.2) is 86.7 Å². The predicted molar refractivity (Wildman–Crippen MR) is 157 cm³/mol. The van der Waals surface area contributed by atoms with E-state index < -0.39 is 12.5 Å². The average Bonchev–Trinajstić information content (AvgIpc) is 3.62. The van der Waals surface area contributed by atoms with E-state index in [2.05, 4.69) is 27.2 Å². The number of hydrogen-bond acceptors (Lipinski definition) is 7. The minimum absolute atomic E-state index is 0.0621. The van der Waals surface area contributed by atoms with Gasteiger partial charge >= 0.3 is 0 Å². The summed E-state index contributed by atoms with van der Waals surface area (Å²) in [6, 6.07) is 5.86. The standard InChI is InChI=1S/C31H35F2N7O2/c1-19-16-24-28(27(33)26(19)21-9-8-20(2)34-17-21)35-31(42-18-23-6-5-13-38(23)3)29-30(24)40(37-36-29)22-10-14-39(15-11-22)25(41)7-4-12-32/h4,7-9,16-17,22-23H,5-6,10-15,18H2,1-3H3/b7-4+. The van der Waals surface area contributed by atoms with Crippen molar-refractivity contribution in [3.8, 4) is 17.0 Å². The summed E-state index contributed by atoms with van der Waals surface area (Å²) in [4.78, 5) is 25.5. The maximum atomic E-state index is 16.5. The highest BCUT2D eigenvalue weighted by molar-refractivity contribution is 6.06. The molecule has 4 aromatic rings. The molecule has 2 aliphatic rings. The number of fused-ring (bicyclic) bond motifs is 3. The van der Waals surface area contributed by atoms with Gasteiger partial charge in [-0.3, -0.25) is 9.78 Å². The molecule has 42 heavy (non-hydrogen) atoms. The number of allylic oxidation sites excluding steroid dienone is 1. The SMILES string of the molecule is Cc1ccc(-c2c(C)cc3c(nc(OCC4CCCN4C)c4nnn(C5CCN(C(=O)/C=C/CF)CC5)c43)c2F)cn1. The number of carbonyl (C=O) groups is 1. The van der Waals surface area contributed by atoms with Gasteiger partial charge in [0.1, 0.15) is 24.3 Å². The number of piperidine rings is 1. The molecule has 2 saturated heterocycles. The van der Waals surface area contributed by atoms with Crippen LogP contribution < -0.4 is 4.74 Å². The number of likely N-dealkylation sites (N-methyl/N-ethyl adjacent to an activating group) is 1. The quantitative estimate of drug-likeness (QED) is 0.288. The molecule has 1 atom stereocenters. The lowest BCUT2D eigenvalue weighted by Crippen LogP contribution is -2.38. The van der Waals surface area contributed by atoms with Gasteiger partial charge in [-0.15, -0.1) is 5.10 Å². The van der Waals surface area contributed by atoms with E-state index in [1.54, 1.807) is 11.1 Å². The summed E-state index contributed by atoms with van der Waals surface area (Å²) >= 11 is 0. The molecule has 11 heteroatoms. The highest BCUT2D eigenvalue weighted by atomic mass is 19.1. The minimum Gasteiger partial charge on any atom is -0.474 e. The topological polar surface area (TPSA) is 89.3 Å². The van der Waals surface area contributed by atoms with Crippen LogP contribution in [-0.2, 0) is 4.79 Å². The van der Waals surface area contributed by atoms with Gasteiger partial charge in [-0.05, 0) is 76.9 Å². The number of carbonyl (C=O) groups excluding carboxylic acids is 1. The zero-order chi connectivity index (χ0) is 29.4. The normalized spacial score (nSPS) is 18.6. The first-order valence-electron chi connectivity index (χ1n) is 14.5. The van der Waals surface area contributed by atoms with Gasteiger partial charge in [0.25, 0.3) is 0 Å². The summed E-state index contributed by atoms with van der Waals surface area (Å²) in [5, 5.41) is 9.64. The summed E-state index contributed by atoms with van der Waals surface area (Å²) in [5.74, 6) is -0.371. The number of ether oxygens (including phenoxy) is 1. The number of likely N-dealkylation sites (tertiary alicyclic amines) is 2. The van der Waals surface area contributed by atoms with Gasteiger partial charge in [0.15, 0.2) is 11.3 Å². The lowest BCUT2D eigenvalue weighted by atomic mass is 9.97. The summed E-state index contributed by atoms with van der Waals surface area (Å²) < 4.78 is 37.1. The zero-order valence-electron chi connectivity index (χ0n) is 24.2. The number of nitrogens with zero attached hydrogens (tertiary/aromatic N) is 7. The first-order chi connectivity index (χ1) is 20.4. The Bertz CT molecular complexity index is 1650. The fraction of sp³-hybridized carbons (Fsp3) is 0.452. The number of aryl methyl sites for hydroxylation is 2. The lowest BCUT2D eigenvalue weighted by molar-refractivity contribution is -0.127. The third-order valence-electron chi connectivity index (χ3n) is 8.56. The van der Waals surface area contributed by atoms with E-state index in [1.807, 2.05) is 36.7 Å². The van der Waals surface area contributed by atoms with E-state index in [9.17, 15) is 9.18 Å². The number of benzene rings is 1.